The molecule has 1 aromatic heterocycles. The van der Waals surface area contributed by atoms with Gasteiger partial charge in [0, 0.05) is 22.6 Å². The van der Waals surface area contributed by atoms with Crippen molar-refractivity contribution in [2.75, 3.05) is 5.32 Å². The third kappa shape index (κ3) is 4.38. The molecule has 1 heterocycles. The van der Waals surface area contributed by atoms with Gasteiger partial charge in [-0.15, -0.1) is 11.3 Å². The molecule has 0 saturated carbocycles. The van der Waals surface area contributed by atoms with Crippen molar-refractivity contribution in [3.05, 3.63) is 75.3 Å². The van der Waals surface area contributed by atoms with Gasteiger partial charge in [-0.2, -0.15) is 0 Å². The van der Waals surface area contributed by atoms with Gasteiger partial charge in [-0.25, -0.2) is 4.98 Å². The molecule has 0 fully saturated rings. The third-order valence-electron chi connectivity index (χ3n) is 3.76. The first-order valence-electron chi connectivity index (χ1n) is 7.84. The van der Waals surface area contributed by atoms with Crippen LogP contribution in [0, 0.1) is 13.8 Å². The minimum Gasteiger partial charge on any atom is -0.347 e. The lowest BCUT2D eigenvalue weighted by molar-refractivity contribution is 0.0946. The fourth-order valence-corrected chi connectivity index (χ4v) is 3.32. The maximum Gasteiger partial charge on any atom is 0.271 e. The molecule has 3 rings (SSSR count). The average molecular weight is 372 g/mol. The number of anilines is 2. The number of aryl methyl sites for hydroxylation is 2. The lowest BCUT2D eigenvalue weighted by atomic mass is 10.1. The lowest BCUT2D eigenvalue weighted by Gasteiger charge is -2.07. The van der Waals surface area contributed by atoms with Crippen molar-refractivity contribution >= 4 is 39.7 Å². The molecule has 4 nitrogen and oxygen atoms in total. The zero-order valence-corrected chi connectivity index (χ0v) is 15.5. The van der Waals surface area contributed by atoms with E-state index in [-0.39, 0.29) is 5.91 Å². The van der Waals surface area contributed by atoms with Crippen LogP contribution >= 0.6 is 22.9 Å². The predicted molar refractivity (Wildman–Crippen MR) is 104 cm³/mol. The molecule has 6 heteroatoms. The summed E-state index contributed by atoms with van der Waals surface area (Å²) in [5, 5.41) is 9.18. The van der Waals surface area contributed by atoms with Gasteiger partial charge < -0.3 is 10.6 Å². The molecule has 25 heavy (non-hydrogen) atoms. The number of hydrogen-bond acceptors (Lipinski definition) is 4. The monoisotopic (exact) mass is 371 g/mol. The number of carbonyl (C=O) groups excluding carboxylic acids is 1. The highest BCUT2D eigenvalue weighted by molar-refractivity contribution is 7.14. The second-order valence-corrected chi connectivity index (χ2v) is 7.02. The van der Waals surface area contributed by atoms with E-state index >= 15 is 0 Å². The average Bonchev–Trinajstić information content (AvgIpc) is 3.05. The summed E-state index contributed by atoms with van der Waals surface area (Å²) in [6, 6.07) is 13.6. The summed E-state index contributed by atoms with van der Waals surface area (Å²) in [5.74, 6) is -0.218. The molecule has 0 atom stereocenters. The molecule has 0 aliphatic carbocycles. The number of hydrogen-bond donors (Lipinski definition) is 2. The van der Waals surface area contributed by atoms with E-state index in [1.165, 1.54) is 16.9 Å². The van der Waals surface area contributed by atoms with Crippen LogP contribution in [0.25, 0.3) is 0 Å². The van der Waals surface area contributed by atoms with Gasteiger partial charge >= 0.3 is 0 Å². The minimum atomic E-state index is -0.218. The highest BCUT2D eigenvalue weighted by atomic mass is 35.5. The molecule has 0 aliphatic heterocycles. The van der Waals surface area contributed by atoms with Crippen LogP contribution in [0.5, 0.6) is 0 Å². The maximum atomic E-state index is 12.3. The zero-order chi connectivity index (χ0) is 17.8. The van der Waals surface area contributed by atoms with E-state index in [4.69, 9.17) is 11.6 Å². The van der Waals surface area contributed by atoms with Gasteiger partial charge in [0.25, 0.3) is 5.91 Å². The Bertz CT molecular complexity index is 907. The number of nitrogens with one attached hydrogen (secondary N) is 2. The fourth-order valence-electron chi connectivity index (χ4n) is 2.41. The van der Waals surface area contributed by atoms with Crippen molar-refractivity contribution in [2.45, 2.75) is 20.4 Å². The van der Waals surface area contributed by atoms with Crippen LogP contribution in [0.1, 0.15) is 27.2 Å². The Morgan fingerprint density at radius 3 is 2.76 bits per heavy atom. The van der Waals surface area contributed by atoms with Crippen molar-refractivity contribution < 1.29 is 4.79 Å². The molecule has 2 N–H and O–H groups in total. The van der Waals surface area contributed by atoms with Crippen LogP contribution in [0.15, 0.2) is 47.8 Å². The molecule has 1 amide bonds. The smallest absolute Gasteiger partial charge is 0.271 e. The van der Waals surface area contributed by atoms with Crippen molar-refractivity contribution in [3.63, 3.8) is 0 Å². The largest absolute Gasteiger partial charge is 0.347 e. The van der Waals surface area contributed by atoms with Gasteiger partial charge in [-0.05, 0) is 37.1 Å². The standard InChI is InChI=1S/C19H18ClN3OS/c1-12-7-8-16(13(2)9-12)22-19-23-17(11-25-19)18(24)21-10-14-5-3-4-6-15(14)20/h3-9,11H,10H2,1-2H3,(H,21,24)(H,22,23). The molecule has 0 unspecified atom stereocenters. The molecule has 0 aliphatic rings. The second-order valence-electron chi connectivity index (χ2n) is 5.76. The molecule has 2 aromatic carbocycles. The lowest BCUT2D eigenvalue weighted by Crippen LogP contribution is -2.23. The maximum absolute atomic E-state index is 12.3. The molecule has 0 saturated heterocycles. The Morgan fingerprint density at radius 2 is 2.00 bits per heavy atom. The molecule has 0 bridgehead atoms. The van der Waals surface area contributed by atoms with Crippen molar-refractivity contribution in [3.8, 4) is 0 Å². The van der Waals surface area contributed by atoms with Crippen LogP contribution in [0.3, 0.4) is 0 Å². The number of carbonyl (C=O) groups is 1. The quantitative estimate of drug-likeness (QED) is 0.657. The topological polar surface area (TPSA) is 54.0 Å². The van der Waals surface area contributed by atoms with Crippen LogP contribution in [0.2, 0.25) is 5.02 Å². The van der Waals surface area contributed by atoms with Crippen molar-refractivity contribution in [1.29, 1.82) is 0 Å². The van der Waals surface area contributed by atoms with E-state index in [0.29, 0.717) is 22.4 Å². The number of amides is 1. The van der Waals surface area contributed by atoms with E-state index in [9.17, 15) is 4.79 Å². The van der Waals surface area contributed by atoms with Gasteiger partial charge in [0.1, 0.15) is 5.69 Å². The van der Waals surface area contributed by atoms with Gasteiger partial charge in [0.2, 0.25) is 0 Å². The van der Waals surface area contributed by atoms with Crippen molar-refractivity contribution in [1.82, 2.24) is 10.3 Å². The molecular formula is C19H18ClN3OS. The number of thiazole rings is 1. The summed E-state index contributed by atoms with van der Waals surface area (Å²) in [4.78, 5) is 16.6. The van der Waals surface area contributed by atoms with Gasteiger partial charge in [-0.1, -0.05) is 47.5 Å². The molecule has 3 aromatic rings. The Balaban J connectivity index is 1.64. The summed E-state index contributed by atoms with van der Waals surface area (Å²) in [6.07, 6.45) is 0. The minimum absolute atomic E-state index is 0.218. The summed E-state index contributed by atoms with van der Waals surface area (Å²) >= 11 is 7.50. The number of halogens is 1. The number of benzene rings is 2. The first-order valence-corrected chi connectivity index (χ1v) is 9.10. The first-order chi connectivity index (χ1) is 12.0. The summed E-state index contributed by atoms with van der Waals surface area (Å²) in [6.45, 7) is 4.47. The molecule has 0 radical (unpaired) electrons. The van der Waals surface area contributed by atoms with Gasteiger partial charge in [-0.3, -0.25) is 4.79 Å². The Labute approximate surface area is 155 Å². The molecule has 0 spiro atoms. The Hall–Kier alpha value is -2.37. The second kappa shape index (κ2) is 7.68. The summed E-state index contributed by atoms with van der Waals surface area (Å²) in [5.41, 5.74) is 4.61. The predicted octanol–water partition coefficient (Wildman–Crippen LogP) is 5.09. The third-order valence-corrected chi connectivity index (χ3v) is 4.88. The number of nitrogens with zero attached hydrogens (tertiary/aromatic N) is 1. The van der Waals surface area contributed by atoms with E-state index in [0.717, 1.165) is 16.8 Å². The fraction of sp³-hybridized carbons (Fsp3) is 0.158. The van der Waals surface area contributed by atoms with Gasteiger partial charge in [0.15, 0.2) is 5.13 Å². The van der Waals surface area contributed by atoms with Crippen LogP contribution in [-0.4, -0.2) is 10.9 Å². The van der Waals surface area contributed by atoms with Crippen molar-refractivity contribution in [2.24, 2.45) is 0 Å². The summed E-state index contributed by atoms with van der Waals surface area (Å²) < 4.78 is 0. The number of aromatic nitrogens is 1. The SMILES string of the molecule is Cc1ccc(Nc2nc(C(=O)NCc3ccccc3Cl)cs2)c(C)c1. The van der Waals surface area contributed by atoms with E-state index in [2.05, 4.69) is 28.6 Å². The Kier molecular flexibility index (Phi) is 5.36. The molecular weight excluding hydrogens is 354 g/mol. The molecule has 128 valence electrons. The summed E-state index contributed by atoms with van der Waals surface area (Å²) in [7, 11) is 0. The number of rotatable bonds is 5. The van der Waals surface area contributed by atoms with E-state index in [1.807, 2.05) is 37.3 Å². The zero-order valence-electron chi connectivity index (χ0n) is 14.0. The first kappa shape index (κ1) is 17.5. The highest BCUT2D eigenvalue weighted by Crippen LogP contribution is 2.24. The van der Waals surface area contributed by atoms with Crippen LogP contribution in [0.4, 0.5) is 10.8 Å². The Morgan fingerprint density at radius 1 is 1.20 bits per heavy atom. The van der Waals surface area contributed by atoms with E-state index < -0.39 is 0 Å². The highest BCUT2D eigenvalue weighted by Gasteiger charge is 2.12. The normalized spacial score (nSPS) is 10.5. The van der Waals surface area contributed by atoms with Crippen LogP contribution in [-0.2, 0) is 6.54 Å². The van der Waals surface area contributed by atoms with E-state index in [1.54, 1.807) is 11.4 Å². The van der Waals surface area contributed by atoms with Crippen LogP contribution < -0.4 is 10.6 Å². The van der Waals surface area contributed by atoms with Gasteiger partial charge in [0.05, 0.1) is 0 Å².